The van der Waals surface area contributed by atoms with E-state index in [9.17, 15) is 5.11 Å². The number of aromatic nitrogens is 4. The zero-order valence-electron chi connectivity index (χ0n) is 22.9. The Bertz CT molecular complexity index is 1470. The van der Waals surface area contributed by atoms with Crippen molar-refractivity contribution in [1.82, 2.24) is 24.7 Å². The predicted molar refractivity (Wildman–Crippen MR) is 159 cm³/mol. The molecule has 6 rings (SSSR count). The number of ether oxygens (including phenoxy) is 1. The summed E-state index contributed by atoms with van der Waals surface area (Å²) in [6, 6.07) is 8.29. The number of pyridine rings is 1. The van der Waals surface area contributed by atoms with E-state index in [1.807, 2.05) is 36.2 Å². The van der Waals surface area contributed by atoms with E-state index in [0.717, 1.165) is 85.5 Å². The van der Waals surface area contributed by atoms with E-state index in [4.69, 9.17) is 31.3 Å². The van der Waals surface area contributed by atoms with Crippen LogP contribution in [-0.2, 0) is 6.61 Å². The van der Waals surface area contributed by atoms with Gasteiger partial charge in [-0.25, -0.2) is 15.0 Å². The molecule has 0 spiro atoms. The lowest BCUT2D eigenvalue weighted by Crippen LogP contribution is -2.47. The van der Waals surface area contributed by atoms with Gasteiger partial charge in [0, 0.05) is 75.0 Å². The van der Waals surface area contributed by atoms with Crippen LogP contribution < -0.4 is 24.8 Å². The molecule has 2 aliphatic rings. The second-order valence-corrected chi connectivity index (χ2v) is 10.8. The Morgan fingerprint density at radius 2 is 1.77 bits per heavy atom. The van der Waals surface area contributed by atoms with E-state index in [0.29, 0.717) is 16.8 Å². The molecule has 0 radical (unpaired) electrons. The SMILES string of the molecule is CNC1CCCN(c2ncc(N3CCN(c4ccn5cc(-c6cc(Cl)c(OC)cc6CO)nc5c4)CC3)cn2)C1. The average Bonchev–Trinajstić information content (AvgIpc) is 3.44. The molecular formula is C29H35ClN8O2. The summed E-state index contributed by atoms with van der Waals surface area (Å²) in [6.45, 7) is 5.40. The van der Waals surface area contributed by atoms with Gasteiger partial charge in [-0.1, -0.05) is 11.6 Å². The molecule has 0 bridgehead atoms. The Labute approximate surface area is 239 Å². The Balaban J connectivity index is 1.13. The maximum absolute atomic E-state index is 9.92. The molecule has 2 saturated heterocycles. The number of fused-ring (bicyclic) bond motifs is 1. The number of benzene rings is 1. The summed E-state index contributed by atoms with van der Waals surface area (Å²) in [7, 11) is 3.59. The highest BCUT2D eigenvalue weighted by Gasteiger charge is 2.22. The third-order valence-corrected chi connectivity index (χ3v) is 8.31. The molecule has 0 saturated carbocycles. The van der Waals surface area contributed by atoms with Crippen molar-refractivity contribution in [1.29, 1.82) is 0 Å². The van der Waals surface area contributed by atoms with Crippen molar-refractivity contribution in [3.8, 4) is 17.0 Å². The van der Waals surface area contributed by atoms with Crippen molar-refractivity contribution in [2.45, 2.75) is 25.5 Å². The molecule has 11 heteroatoms. The third-order valence-electron chi connectivity index (χ3n) is 8.01. The van der Waals surface area contributed by atoms with Gasteiger partial charge in [0.15, 0.2) is 0 Å². The zero-order valence-corrected chi connectivity index (χ0v) is 23.7. The second kappa shape index (κ2) is 11.5. The molecule has 40 heavy (non-hydrogen) atoms. The lowest BCUT2D eigenvalue weighted by Gasteiger charge is -2.37. The van der Waals surface area contributed by atoms with Gasteiger partial charge in [0.1, 0.15) is 11.4 Å². The first-order valence-corrected chi connectivity index (χ1v) is 14.1. The first-order valence-electron chi connectivity index (χ1n) is 13.8. The number of hydrogen-bond acceptors (Lipinski definition) is 9. The van der Waals surface area contributed by atoms with E-state index in [-0.39, 0.29) is 6.61 Å². The highest BCUT2D eigenvalue weighted by atomic mass is 35.5. The van der Waals surface area contributed by atoms with Crippen molar-refractivity contribution in [3.05, 3.63) is 59.6 Å². The van der Waals surface area contributed by atoms with E-state index in [2.05, 4.69) is 32.1 Å². The van der Waals surface area contributed by atoms with Crippen molar-refractivity contribution in [2.75, 3.05) is 68.1 Å². The van der Waals surface area contributed by atoms with Crippen molar-refractivity contribution in [3.63, 3.8) is 0 Å². The fraction of sp³-hybridized carbons (Fsp3) is 0.414. The topological polar surface area (TPSA) is 94.3 Å². The second-order valence-electron chi connectivity index (χ2n) is 10.4. The van der Waals surface area contributed by atoms with Gasteiger partial charge in [-0.3, -0.25) is 0 Å². The number of piperazine rings is 1. The van der Waals surface area contributed by atoms with Crippen molar-refractivity contribution >= 4 is 34.6 Å². The summed E-state index contributed by atoms with van der Waals surface area (Å²) in [5, 5.41) is 13.8. The predicted octanol–water partition coefficient (Wildman–Crippen LogP) is 3.46. The Hall–Kier alpha value is -3.60. The van der Waals surface area contributed by atoms with E-state index >= 15 is 0 Å². The Morgan fingerprint density at radius 3 is 2.48 bits per heavy atom. The largest absolute Gasteiger partial charge is 0.495 e. The zero-order chi connectivity index (χ0) is 27.6. The van der Waals surface area contributed by atoms with Gasteiger partial charge in [0.05, 0.1) is 42.5 Å². The fourth-order valence-electron chi connectivity index (χ4n) is 5.68. The maximum atomic E-state index is 9.92. The van der Waals surface area contributed by atoms with E-state index in [1.165, 1.54) is 6.42 Å². The molecule has 4 aromatic rings. The molecule has 3 aromatic heterocycles. The first kappa shape index (κ1) is 26.6. The number of aliphatic hydroxyl groups excluding tert-OH is 1. The average molecular weight is 563 g/mol. The molecule has 2 fully saturated rings. The molecule has 1 aromatic carbocycles. The summed E-state index contributed by atoms with van der Waals surface area (Å²) in [5.74, 6) is 1.35. The maximum Gasteiger partial charge on any atom is 0.225 e. The number of anilines is 3. The molecule has 2 N–H and O–H groups in total. The number of hydrogen-bond donors (Lipinski definition) is 2. The molecule has 10 nitrogen and oxygen atoms in total. The quantitative estimate of drug-likeness (QED) is 0.351. The normalized spacial score (nSPS) is 18.0. The lowest BCUT2D eigenvalue weighted by molar-refractivity contribution is 0.281. The fourth-order valence-corrected chi connectivity index (χ4v) is 5.92. The van der Waals surface area contributed by atoms with Gasteiger partial charge in [0.25, 0.3) is 0 Å². The van der Waals surface area contributed by atoms with Crippen molar-refractivity contribution in [2.24, 2.45) is 0 Å². The van der Waals surface area contributed by atoms with Crippen LogP contribution in [0, 0.1) is 0 Å². The highest BCUT2D eigenvalue weighted by Crippen LogP contribution is 2.34. The minimum Gasteiger partial charge on any atom is -0.495 e. The Morgan fingerprint density at radius 1 is 1.02 bits per heavy atom. The number of piperidine rings is 1. The van der Waals surface area contributed by atoms with Gasteiger partial charge < -0.3 is 34.3 Å². The number of halogens is 1. The number of imidazole rings is 1. The lowest BCUT2D eigenvalue weighted by atomic mass is 10.1. The van der Waals surface area contributed by atoms with Crippen LogP contribution in [0.3, 0.4) is 0 Å². The van der Waals surface area contributed by atoms with Gasteiger partial charge >= 0.3 is 0 Å². The summed E-state index contributed by atoms with van der Waals surface area (Å²) < 4.78 is 7.30. The number of rotatable bonds is 7. The van der Waals surface area contributed by atoms with Gasteiger partial charge in [0.2, 0.25) is 5.95 Å². The summed E-state index contributed by atoms with van der Waals surface area (Å²) in [6.07, 6.45) is 10.3. The minimum atomic E-state index is -0.130. The first-order chi connectivity index (χ1) is 19.6. The molecule has 2 aliphatic heterocycles. The van der Waals surface area contributed by atoms with E-state index < -0.39 is 0 Å². The van der Waals surface area contributed by atoms with Crippen LogP contribution in [0.4, 0.5) is 17.3 Å². The standard InChI is InChI=1S/C29H35ClN8O2/c1-31-21-4-3-6-38(17-21)29-32-15-23(16-33-29)36-10-8-35(9-11-36)22-5-7-37-18-26(34-28(37)13-22)24-14-25(30)27(40-2)12-20(24)19-39/h5,7,12-16,18,21,31,39H,3-4,6,8-11,17,19H2,1-2H3. The van der Waals surface area contributed by atoms with Gasteiger partial charge in [-0.15, -0.1) is 0 Å². The van der Waals surface area contributed by atoms with Crippen LogP contribution in [0.15, 0.2) is 49.1 Å². The molecule has 0 amide bonds. The summed E-state index contributed by atoms with van der Waals surface area (Å²) in [5.41, 5.74) is 5.31. The van der Waals surface area contributed by atoms with Crippen LogP contribution in [-0.4, -0.2) is 83.9 Å². The van der Waals surface area contributed by atoms with Crippen LogP contribution in [0.2, 0.25) is 5.02 Å². The van der Waals surface area contributed by atoms with Crippen LogP contribution >= 0.6 is 11.6 Å². The smallest absolute Gasteiger partial charge is 0.225 e. The number of aliphatic hydroxyl groups is 1. The van der Waals surface area contributed by atoms with Crippen molar-refractivity contribution < 1.29 is 9.84 Å². The van der Waals surface area contributed by atoms with Gasteiger partial charge in [-0.05, 0) is 43.7 Å². The molecule has 5 heterocycles. The van der Waals surface area contributed by atoms with Crippen LogP contribution in [0.25, 0.3) is 16.9 Å². The van der Waals surface area contributed by atoms with E-state index in [1.54, 1.807) is 19.2 Å². The molecular weight excluding hydrogens is 528 g/mol. The van der Waals surface area contributed by atoms with Crippen LogP contribution in [0.1, 0.15) is 18.4 Å². The molecule has 210 valence electrons. The number of nitrogens with one attached hydrogen (secondary N) is 1. The summed E-state index contributed by atoms with van der Waals surface area (Å²) >= 11 is 6.38. The third kappa shape index (κ3) is 5.26. The number of methoxy groups -OCH3 is 1. The Kier molecular flexibility index (Phi) is 7.64. The summed E-state index contributed by atoms with van der Waals surface area (Å²) in [4.78, 5) is 21.3. The number of likely N-dealkylation sites (N-methyl/N-ethyl adjacent to an activating group) is 1. The molecule has 0 aliphatic carbocycles. The minimum absolute atomic E-state index is 0.130. The van der Waals surface area contributed by atoms with Gasteiger partial charge in [-0.2, -0.15) is 0 Å². The van der Waals surface area contributed by atoms with Crippen LogP contribution in [0.5, 0.6) is 5.75 Å². The monoisotopic (exact) mass is 562 g/mol. The molecule has 1 unspecified atom stereocenters. The number of nitrogens with zero attached hydrogens (tertiary/aromatic N) is 7. The molecule has 1 atom stereocenters. The highest BCUT2D eigenvalue weighted by molar-refractivity contribution is 6.32.